The normalized spacial score (nSPS) is 12.5. The van der Waals surface area contributed by atoms with Gasteiger partial charge in [0.2, 0.25) is 0 Å². The van der Waals surface area contributed by atoms with Gasteiger partial charge in [-0.1, -0.05) is 42.0 Å². The van der Waals surface area contributed by atoms with Crippen molar-refractivity contribution in [2.75, 3.05) is 20.6 Å². The molecule has 2 aromatic carbocycles. The van der Waals surface area contributed by atoms with Crippen LogP contribution in [0.2, 0.25) is 5.02 Å². The number of hydrogen-bond acceptors (Lipinski definition) is 5. The number of aromatic nitrogens is 1. The number of nitrogens with zero attached hydrogens (tertiary/aromatic N) is 2. The van der Waals surface area contributed by atoms with Crippen LogP contribution in [-0.4, -0.2) is 36.3 Å². The fraction of sp³-hybridized carbons (Fsp3) is 0.333. The Balaban J connectivity index is 1.62. The maximum absolute atomic E-state index is 12.4. The van der Waals surface area contributed by atoms with Crippen LogP contribution in [0, 0.1) is 0 Å². The topological polar surface area (TPSA) is 42.4 Å². The summed E-state index contributed by atoms with van der Waals surface area (Å²) >= 11 is 7.47. The first kappa shape index (κ1) is 19.8. The Morgan fingerprint density at radius 3 is 2.67 bits per heavy atom. The van der Waals surface area contributed by atoms with Crippen LogP contribution in [0.25, 0.3) is 10.2 Å². The number of hydrogen-bond donors (Lipinski definition) is 0. The van der Waals surface area contributed by atoms with E-state index in [0.717, 1.165) is 28.7 Å². The smallest absolute Gasteiger partial charge is 0.279 e. The number of carbonyl (C=O) groups excluding carboxylic acids is 1. The summed E-state index contributed by atoms with van der Waals surface area (Å²) in [4.78, 5) is 18.9. The lowest BCUT2D eigenvalue weighted by Gasteiger charge is -2.13. The molecular weight excluding hydrogens is 380 g/mol. The van der Waals surface area contributed by atoms with Crippen molar-refractivity contribution in [3.8, 4) is 10.9 Å². The minimum absolute atomic E-state index is 0.106. The highest BCUT2D eigenvalue weighted by Crippen LogP contribution is 2.33. The maximum Gasteiger partial charge on any atom is 0.279 e. The lowest BCUT2D eigenvalue weighted by atomic mass is 9.94. The molecule has 3 aromatic rings. The van der Waals surface area contributed by atoms with Gasteiger partial charge >= 0.3 is 0 Å². The quantitative estimate of drug-likeness (QED) is 0.480. The summed E-state index contributed by atoms with van der Waals surface area (Å²) in [6.07, 6.45) is 1.49. The van der Waals surface area contributed by atoms with Crippen molar-refractivity contribution in [3.05, 3.63) is 53.1 Å². The highest BCUT2D eigenvalue weighted by atomic mass is 35.5. The van der Waals surface area contributed by atoms with Gasteiger partial charge in [0.05, 0.1) is 10.2 Å². The third-order valence-corrected chi connectivity index (χ3v) is 5.56. The summed E-state index contributed by atoms with van der Waals surface area (Å²) in [7, 11) is 4.04. The summed E-state index contributed by atoms with van der Waals surface area (Å²) in [6.45, 7) is 2.89. The van der Waals surface area contributed by atoms with Crippen molar-refractivity contribution in [1.82, 2.24) is 9.88 Å². The molecule has 4 nitrogen and oxygen atoms in total. The zero-order valence-corrected chi connectivity index (χ0v) is 17.3. The molecule has 0 amide bonds. The molecular formula is C21H23ClN2O2S. The molecule has 27 heavy (non-hydrogen) atoms. The maximum atomic E-state index is 12.4. The van der Waals surface area contributed by atoms with Gasteiger partial charge in [-0.2, -0.15) is 0 Å². The number of rotatable bonds is 8. The van der Waals surface area contributed by atoms with Crippen LogP contribution in [0.15, 0.2) is 42.5 Å². The molecule has 6 heteroatoms. The number of ether oxygens (including phenoxy) is 1. The molecule has 0 radical (unpaired) electrons. The number of fused-ring (bicyclic) bond motifs is 1. The summed E-state index contributed by atoms with van der Waals surface area (Å²) in [5.41, 5.74) is 1.88. The third kappa shape index (κ3) is 5.28. The van der Waals surface area contributed by atoms with Crippen molar-refractivity contribution < 1.29 is 9.53 Å². The molecule has 0 bridgehead atoms. The predicted octanol–water partition coefficient (Wildman–Crippen LogP) is 5.76. The van der Waals surface area contributed by atoms with Crippen LogP contribution in [0.3, 0.4) is 0 Å². The van der Waals surface area contributed by atoms with Crippen LogP contribution < -0.4 is 4.74 Å². The van der Waals surface area contributed by atoms with Crippen LogP contribution in [0.5, 0.6) is 10.9 Å². The van der Waals surface area contributed by atoms with Gasteiger partial charge in [-0.25, -0.2) is 4.98 Å². The average Bonchev–Trinajstić information content (AvgIpc) is 3.02. The fourth-order valence-electron chi connectivity index (χ4n) is 2.82. The first-order chi connectivity index (χ1) is 12.9. The van der Waals surface area contributed by atoms with Crippen LogP contribution >= 0.6 is 22.9 Å². The lowest BCUT2D eigenvalue weighted by molar-refractivity contribution is -0.120. The number of thiazole rings is 1. The Morgan fingerprint density at radius 1 is 1.22 bits per heavy atom. The second kappa shape index (κ2) is 8.83. The first-order valence-electron chi connectivity index (χ1n) is 8.94. The van der Waals surface area contributed by atoms with Gasteiger partial charge in [0.25, 0.3) is 5.19 Å². The van der Waals surface area contributed by atoms with E-state index in [1.807, 2.05) is 63.5 Å². The molecule has 1 aromatic heterocycles. The van der Waals surface area contributed by atoms with Crippen LogP contribution in [0.1, 0.15) is 31.2 Å². The van der Waals surface area contributed by atoms with E-state index in [1.54, 1.807) is 0 Å². The van der Waals surface area contributed by atoms with Gasteiger partial charge in [0.1, 0.15) is 11.5 Å². The van der Waals surface area contributed by atoms with Crippen molar-refractivity contribution in [1.29, 1.82) is 0 Å². The highest BCUT2D eigenvalue weighted by Gasteiger charge is 2.15. The molecule has 0 aliphatic carbocycles. The Kier molecular flexibility index (Phi) is 6.47. The van der Waals surface area contributed by atoms with Crippen LogP contribution in [-0.2, 0) is 4.79 Å². The lowest BCUT2D eigenvalue weighted by Crippen LogP contribution is -2.16. The van der Waals surface area contributed by atoms with E-state index in [-0.39, 0.29) is 11.7 Å². The summed E-state index contributed by atoms with van der Waals surface area (Å²) in [5, 5.41) is 1.26. The zero-order chi connectivity index (χ0) is 19.4. The summed E-state index contributed by atoms with van der Waals surface area (Å²) in [6, 6.07) is 13.3. The third-order valence-electron chi connectivity index (χ3n) is 4.43. The molecule has 0 N–H and O–H groups in total. The van der Waals surface area contributed by atoms with E-state index in [9.17, 15) is 4.79 Å². The van der Waals surface area contributed by atoms with Gasteiger partial charge in [-0.15, -0.1) is 0 Å². The van der Waals surface area contributed by atoms with Crippen molar-refractivity contribution in [3.63, 3.8) is 0 Å². The van der Waals surface area contributed by atoms with Crippen molar-refractivity contribution in [2.45, 2.75) is 25.7 Å². The van der Waals surface area contributed by atoms with Gasteiger partial charge < -0.3 is 9.64 Å². The Labute approximate surface area is 168 Å². The van der Waals surface area contributed by atoms with Gasteiger partial charge in [0, 0.05) is 17.4 Å². The minimum Gasteiger partial charge on any atom is -0.431 e. The molecule has 1 unspecified atom stereocenters. The standard InChI is InChI=1S/C21H23ClN2O2S/c1-14(19(25)5-4-12-24(2)3)15-6-9-17(10-7-15)26-21-23-18-11-8-16(22)13-20(18)27-21/h6-11,13-14H,4-5,12H2,1-3H3. The van der Waals surface area contributed by atoms with Gasteiger partial charge in [-0.3, -0.25) is 4.79 Å². The monoisotopic (exact) mass is 402 g/mol. The Morgan fingerprint density at radius 2 is 1.96 bits per heavy atom. The molecule has 0 saturated carbocycles. The number of benzene rings is 2. The fourth-order valence-corrected chi connectivity index (χ4v) is 3.93. The van der Waals surface area contributed by atoms with Crippen molar-refractivity contribution >= 4 is 38.9 Å². The van der Waals surface area contributed by atoms with Crippen molar-refractivity contribution in [2.24, 2.45) is 0 Å². The average molecular weight is 403 g/mol. The first-order valence-corrected chi connectivity index (χ1v) is 10.1. The number of ketones is 1. The second-order valence-corrected chi connectivity index (χ2v) is 8.29. The SMILES string of the molecule is CC(C(=O)CCCN(C)C)c1ccc(Oc2nc3ccc(Cl)cc3s2)cc1. The molecule has 1 atom stereocenters. The van der Waals surface area contributed by atoms with E-state index < -0.39 is 0 Å². The van der Waals surface area contributed by atoms with E-state index in [1.165, 1.54) is 11.3 Å². The molecule has 3 rings (SSSR count). The predicted molar refractivity (Wildman–Crippen MR) is 112 cm³/mol. The number of halogens is 1. The molecule has 0 aliphatic rings. The Bertz CT molecular complexity index is 922. The summed E-state index contributed by atoms with van der Waals surface area (Å²) in [5.74, 6) is 0.871. The molecule has 0 aliphatic heterocycles. The minimum atomic E-state index is -0.106. The highest BCUT2D eigenvalue weighted by molar-refractivity contribution is 7.20. The molecule has 0 spiro atoms. The van der Waals surface area contributed by atoms with E-state index in [4.69, 9.17) is 16.3 Å². The number of carbonyl (C=O) groups is 1. The largest absolute Gasteiger partial charge is 0.431 e. The summed E-state index contributed by atoms with van der Waals surface area (Å²) < 4.78 is 6.86. The van der Waals surface area contributed by atoms with E-state index in [2.05, 4.69) is 9.88 Å². The van der Waals surface area contributed by atoms with Crippen LogP contribution in [0.4, 0.5) is 0 Å². The van der Waals surface area contributed by atoms with Gasteiger partial charge in [0.15, 0.2) is 0 Å². The van der Waals surface area contributed by atoms with E-state index >= 15 is 0 Å². The molecule has 0 fully saturated rings. The molecule has 0 saturated heterocycles. The zero-order valence-electron chi connectivity index (χ0n) is 15.7. The molecule has 1 heterocycles. The Hall–Kier alpha value is -1.95. The molecule has 142 valence electrons. The van der Waals surface area contributed by atoms with E-state index in [0.29, 0.717) is 22.4 Å². The second-order valence-electron chi connectivity index (χ2n) is 6.86. The van der Waals surface area contributed by atoms with Gasteiger partial charge in [-0.05, 0) is 63.0 Å². The number of Topliss-reactive ketones (excluding diaryl/α,β-unsaturated/α-hetero) is 1.